The molecule has 3 atom stereocenters. The maximum atomic E-state index is 9.16. The minimum Gasteiger partial charge on any atom is -0.391 e. The number of aliphatic hydroxyl groups is 1. The number of nitriles is 1. The monoisotopic (exact) mass is 263 g/mol. The lowest BCUT2D eigenvalue weighted by atomic mass is 10.1. The van der Waals surface area contributed by atoms with Crippen molar-refractivity contribution in [2.24, 2.45) is 10.7 Å². The van der Waals surface area contributed by atoms with Gasteiger partial charge < -0.3 is 30.2 Å². The highest BCUT2D eigenvalue weighted by molar-refractivity contribution is 5.80. The van der Waals surface area contributed by atoms with Gasteiger partial charge in [0.05, 0.1) is 30.7 Å². The zero-order chi connectivity index (χ0) is 13.4. The zero-order valence-electron chi connectivity index (χ0n) is 9.98. The summed E-state index contributed by atoms with van der Waals surface area (Å²) in [5.41, 5.74) is 6.96. The SMILES string of the molecule is N#Cc1cn(C2COC(CO)O2)c2c1C(N)N=CN2. The van der Waals surface area contributed by atoms with Gasteiger partial charge in [-0.15, -0.1) is 0 Å². The smallest absolute Gasteiger partial charge is 0.183 e. The average molecular weight is 263 g/mol. The number of fused-ring (bicyclic) bond motifs is 1. The standard InChI is InChI=1S/C11H13N5O3/c12-1-6-2-16(7-4-18-8(3-17)19-7)11-9(6)10(13)14-5-15-11/h2,5,7-8,10,17H,3-4,13H2,(H,14,15). The number of hydrogen-bond acceptors (Lipinski definition) is 7. The fourth-order valence-electron chi connectivity index (χ4n) is 2.25. The molecule has 8 heteroatoms. The number of nitrogens with one attached hydrogen (secondary N) is 1. The summed E-state index contributed by atoms with van der Waals surface area (Å²) >= 11 is 0. The molecule has 0 spiro atoms. The first-order chi connectivity index (χ1) is 9.24. The molecule has 1 saturated heterocycles. The molecule has 1 aromatic rings. The second-order valence-electron chi connectivity index (χ2n) is 4.23. The van der Waals surface area contributed by atoms with Crippen LogP contribution in [-0.2, 0) is 9.47 Å². The molecule has 8 nitrogen and oxygen atoms in total. The molecule has 0 aliphatic carbocycles. The maximum absolute atomic E-state index is 9.16. The molecule has 100 valence electrons. The number of aliphatic hydroxyl groups excluding tert-OH is 1. The van der Waals surface area contributed by atoms with Crippen LogP contribution in [0.1, 0.15) is 23.5 Å². The van der Waals surface area contributed by atoms with E-state index in [1.165, 1.54) is 6.34 Å². The van der Waals surface area contributed by atoms with E-state index in [9.17, 15) is 0 Å². The number of ether oxygens (including phenoxy) is 2. The van der Waals surface area contributed by atoms with Crippen molar-refractivity contribution in [3.63, 3.8) is 0 Å². The van der Waals surface area contributed by atoms with Crippen LogP contribution in [0.4, 0.5) is 5.82 Å². The topological polar surface area (TPSA) is 118 Å². The summed E-state index contributed by atoms with van der Waals surface area (Å²) in [6, 6.07) is 2.09. The normalized spacial score (nSPS) is 28.8. The lowest BCUT2D eigenvalue weighted by Gasteiger charge is -2.19. The van der Waals surface area contributed by atoms with Gasteiger partial charge in [-0.1, -0.05) is 0 Å². The van der Waals surface area contributed by atoms with Crippen LogP contribution >= 0.6 is 0 Å². The highest BCUT2D eigenvalue weighted by atomic mass is 16.7. The van der Waals surface area contributed by atoms with Gasteiger partial charge in [-0.2, -0.15) is 5.26 Å². The minimum absolute atomic E-state index is 0.209. The Balaban J connectivity index is 1.98. The molecule has 1 fully saturated rings. The molecule has 2 aliphatic heterocycles. The van der Waals surface area contributed by atoms with E-state index in [2.05, 4.69) is 16.4 Å². The van der Waals surface area contributed by atoms with Crippen LogP contribution in [0.3, 0.4) is 0 Å². The van der Waals surface area contributed by atoms with Crippen LogP contribution in [0.2, 0.25) is 0 Å². The number of aromatic nitrogens is 1. The van der Waals surface area contributed by atoms with Gasteiger partial charge >= 0.3 is 0 Å². The van der Waals surface area contributed by atoms with Gasteiger partial charge in [0.25, 0.3) is 0 Å². The lowest BCUT2D eigenvalue weighted by Crippen LogP contribution is -2.21. The quantitative estimate of drug-likeness (QED) is 0.670. The molecule has 2 aliphatic rings. The number of anilines is 1. The van der Waals surface area contributed by atoms with Gasteiger partial charge in [0, 0.05) is 6.20 Å². The van der Waals surface area contributed by atoms with Crippen molar-refractivity contribution < 1.29 is 14.6 Å². The van der Waals surface area contributed by atoms with Gasteiger partial charge in [-0.05, 0) is 0 Å². The van der Waals surface area contributed by atoms with E-state index in [0.29, 0.717) is 23.6 Å². The molecule has 0 aromatic carbocycles. The van der Waals surface area contributed by atoms with E-state index in [4.69, 9.17) is 25.6 Å². The zero-order valence-corrected chi connectivity index (χ0v) is 9.98. The first kappa shape index (κ1) is 12.1. The van der Waals surface area contributed by atoms with Gasteiger partial charge in [0.2, 0.25) is 0 Å². The predicted molar refractivity (Wildman–Crippen MR) is 65.1 cm³/mol. The Labute approximate surface area is 109 Å². The number of rotatable bonds is 2. The van der Waals surface area contributed by atoms with Crippen molar-refractivity contribution in [3.05, 3.63) is 17.3 Å². The van der Waals surface area contributed by atoms with Crippen molar-refractivity contribution in [2.75, 3.05) is 18.5 Å². The Bertz CT molecular complexity index is 561. The van der Waals surface area contributed by atoms with Gasteiger partial charge in [-0.3, -0.25) is 4.99 Å². The summed E-state index contributed by atoms with van der Waals surface area (Å²) in [6.07, 6.45) is 1.53. The fraction of sp³-hybridized carbons (Fsp3) is 0.455. The third-order valence-corrected chi connectivity index (χ3v) is 3.12. The maximum Gasteiger partial charge on any atom is 0.183 e. The number of aliphatic imine (C=N–C) groups is 1. The van der Waals surface area contributed by atoms with Crippen LogP contribution < -0.4 is 11.1 Å². The Kier molecular flexibility index (Phi) is 2.96. The average Bonchev–Trinajstić information content (AvgIpc) is 3.02. The molecule has 19 heavy (non-hydrogen) atoms. The Morgan fingerprint density at radius 1 is 1.68 bits per heavy atom. The number of nitrogens with two attached hydrogens (primary N) is 1. The predicted octanol–water partition coefficient (Wildman–Crippen LogP) is -0.365. The lowest BCUT2D eigenvalue weighted by molar-refractivity contribution is -0.0982. The van der Waals surface area contributed by atoms with Crippen molar-refractivity contribution in [1.82, 2.24) is 4.57 Å². The first-order valence-corrected chi connectivity index (χ1v) is 5.81. The van der Waals surface area contributed by atoms with E-state index in [0.717, 1.165) is 0 Å². The van der Waals surface area contributed by atoms with E-state index in [1.54, 1.807) is 10.8 Å². The van der Waals surface area contributed by atoms with Crippen molar-refractivity contribution >= 4 is 12.2 Å². The van der Waals surface area contributed by atoms with Crippen LogP contribution in [-0.4, -0.2) is 35.5 Å². The third kappa shape index (κ3) is 1.89. The molecule has 0 saturated carbocycles. The van der Waals surface area contributed by atoms with Crippen molar-refractivity contribution in [3.8, 4) is 6.07 Å². The molecule has 0 amide bonds. The molecule has 0 radical (unpaired) electrons. The third-order valence-electron chi connectivity index (χ3n) is 3.12. The van der Waals surface area contributed by atoms with E-state index in [1.807, 2.05) is 0 Å². The van der Waals surface area contributed by atoms with E-state index >= 15 is 0 Å². The van der Waals surface area contributed by atoms with Crippen LogP contribution in [0.15, 0.2) is 11.2 Å². The molecule has 3 rings (SSSR count). The first-order valence-electron chi connectivity index (χ1n) is 5.81. The highest BCUT2D eigenvalue weighted by Crippen LogP contribution is 2.35. The van der Waals surface area contributed by atoms with E-state index in [-0.39, 0.29) is 6.61 Å². The second kappa shape index (κ2) is 4.64. The van der Waals surface area contributed by atoms with Gasteiger partial charge in [0.15, 0.2) is 12.5 Å². The molecule has 0 bridgehead atoms. The summed E-state index contributed by atoms with van der Waals surface area (Å²) in [5.74, 6) is 0.672. The second-order valence-corrected chi connectivity index (χ2v) is 4.23. The fourth-order valence-corrected chi connectivity index (χ4v) is 2.25. The van der Waals surface area contributed by atoms with Gasteiger partial charge in [0.1, 0.15) is 18.1 Å². The number of hydrogen-bond donors (Lipinski definition) is 3. The van der Waals surface area contributed by atoms with Crippen LogP contribution in [0.5, 0.6) is 0 Å². The number of nitrogens with zero attached hydrogens (tertiary/aromatic N) is 3. The molecular weight excluding hydrogens is 250 g/mol. The Hall–Kier alpha value is -1.92. The molecule has 4 N–H and O–H groups in total. The summed E-state index contributed by atoms with van der Waals surface area (Å²) in [7, 11) is 0. The molecule has 3 heterocycles. The van der Waals surface area contributed by atoms with Crippen molar-refractivity contribution in [1.29, 1.82) is 5.26 Å². The molecule has 3 unspecified atom stereocenters. The summed E-state index contributed by atoms with van der Waals surface area (Å²) in [5, 5.41) is 21.1. The van der Waals surface area contributed by atoms with Crippen LogP contribution in [0.25, 0.3) is 0 Å². The summed E-state index contributed by atoms with van der Waals surface area (Å²) in [6.45, 7) is 0.0880. The van der Waals surface area contributed by atoms with Gasteiger partial charge in [-0.25, -0.2) is 0 Å². The Morgan fingerprint density at radius 3 is 3.21 bits per heavy atom. The van der Waals surface area contributed by atoms with Crippen LogP contribution in [0, 0.1) is 11.3 Å². The largest absolute Gasteiger partial charge is 0.391 e. The minimum atomic E-state index is -0.639. The Morgan fingerprint density at radius 2 is 2.53 bits per heavy atom. The molecular formula is C11H13N5O3. The highest BCUT2D eigenvalue weighted by Gasteiger charge is 2.32. The van der Waals surface area contributed by atoms with Crippen molar-refractivity contribution in [2.45, 2.75) is 18.7 Å². The van der Waals surface area contributed by atoms with E-state index < -0.39 is 18.7 Å². The summed E-state index contributed by atoms with van der Waals surface area (Å²) < 4.78 is 12.5. The summed E-state index contributed by atoms with van der Waals surface area (Å²) in [4.78, 5) is 4.02. The molecule has 1 aromatic heterocycles.